The summed E-state index contributed by atoms with van der Waals surface area (Å²) in [5.74, 6) is 0. The van der Waals surface area contributed by atoms with Crippen LogP contribution in [0, 0.1) is 10.1 Å². The van der Waals surface area contributed by atoms with Crippen LogP contribution in [0.2, 0.25) is 0 Å². The number of nitro groups is 1. The summed E-state index contributed by atoms with van der Waals surface area (Å²) in [6.07, 6.45) is 8.44. The number of benzene rings is 4. The lowest BCUT2D eigenvalue weighted by atomic mass is 9.86. The van der Waals surface area contributed by atoms with Crippen LogP contribution in [0.25, 0.3) is 32.3 Å². The second-order valence-corrected chi connectivity index (χ2v) is 7.92. The van der Waals surface area contributed by atoms with Crippen molar-refractivity contribution in [3.05, 3.63) is 106 Å². The summed E-state index contributed by atoms with van der Waals surface area (Å²) in [6, 6.07) is 23.8. The fourth-order valence-electron chi connectivity index (χ4n) is 4.60. The van der Waals surface area contributed by atoms with E-state index in [4.69, 9.17) is 0 Å². The Hall–Kier alpha value is -3.79. The van der Waals surface area contributed by atoms with E-state index in [1.54, 1.807) is 12.1 Å². The summed E-state index contributed by atoms with van der Waals surface area (Å²) < 4.78 is 0. The van der Waals surface area contributed by atoms with Crippen LogP contribution in [0.3, 0.4) is 0 Å². The van der Waals surface area contributed by atoms with Crippen molar-refractivity contribution in [1.82, 2.24) is 4.98 Å². The van der Waals surface area contributed by atoms with E-state index in [1.807, 2.05) is 42.7 Å². The molecule has 0 atom stereocenters. The third kappa shape index (κ3) is 3.61. The number of hydrogen-bond donors (Lipinski definition) is 0. The van der Waals surface area contributed by atoms with Gasteiger partial charge in [0.15, 0.2) is 0 Å². The molecular weight excluding hydrogens is 384 g/mol. The summed E-state index contributed by atoms with van der Waals surface area (Å²) in [5.41, 5.74) is 3.07. The van der Waals surface area contributed by atoms with Gasteiger partial charge >= 0.3 is 0 Å². The van der Waals surface area contributed by atoms with Gasteiger partial charge in [0.1, 0.15) is 0 Å². The molecule has 1 aliphatic carbocycles. The molecule has 152 valence electrons. The Morgan fingerprint density at radius 1 is 0.710 bits per heavy atom. The zero-order valence-corrected chi connectivity index (χ0v) is 17.1. The number of non-ortho nitro benzene ring substituents is 1. The second kappa shape index (κ2) is 8.15. The molecular formula is C27H22N2O2. The van der Waals surface area contributed by atoms with Crippen molar-refractivity contribution in [1.29, 1.82) is 0 Å². The molecule has 4 aromatic carbocycles. The van der Waals surface area contributed by atoms with Crippen LogP contribution in [-0.2, 0) is 12.8 Å². The normalized spacial score (nSPS) is 12.9. The molecule has 31 heavy (non-hydrogen) atoms. The topological polar surface area (TPSA) is 56.0 Å². The van der Waals surface area contributed by atoms with Gasteiger partial charge in [-0.3, -0.25) is 15.1 Å². The molecule has 5 aromatic rings. The molecule has 0 aliphatic heterocycles. The Morgan fingerprint density at radius 2 is 1.45 bits per heavy atom. The smallest absolute Gasteiger partial charge is 0.264 e. The number of fused-ring (bicyclic) bond motifs is 6. The fourth-order valence-corrected chi connectivity index (χ4v) is 4.60. The molecule has 1 aromatic heterocycles. The number of nitrogens with zero attached hydrogens (tertiary/aromatic N) is 2. The molecule has 1 aliphatic rings. The second-order valence-electron chi connectivity index (χ2n) is 7.92. The summed E-state index contributed by atoms with van der Waals surface area (Å²) in [5, 5.41) is 17.7. The Balaban J connectivity index is 0.000000171. The number of aryl methyl sites for hydroxylation is 2. The highest BCUT2D eigenvalue weighted by Crippen LogP contribution is 2.35. The predicted octanol–water partition coefficient (Wildman–Crippen LogP) is 7.01. The van der Waals surface area contributed by atoms with Gasteiger partial charge in [0.2, 0.25) is 0 Å². The molecule has 0 radical (unpaired) electrons. The van der Waals surface area contributed by atoms with Crippen LogP contribution in [0.15, 0.2) is 85.2 Å². The number of rotatable bonds is 1. The van der Waals surface area contributed by atoms with Gasteiger partial charge in [0.05, 0.1) is 10.3 Å². The maximum atomic E-state index is 11.2. The van der Waals surface area contributed by atoms with Gasteiger partial charge in [-0.15, -0.1) is 0 Å². The number of nitro benzene ring substituents is 1. The minimum Gasteiger partial charge on any atom is -0.264 e. The zero-order valence-electron chi connectivity index (χ0n) is 17.1. The monoisotopic (exact) mass is 406 g/mol. The SMILES string of the molecule is O=[N+]([O-])c1cccc2c1ccc1c3c(ccc12)CCCC3.c1ccc2cnccc2c1. The Kier molecular flexibility index (Phi) is 5.04. The number of pyridine rings is 1. The van der Waals surface area contributed by atoms with Gasteiger partial charge in [-0.1, -0.05) is 54.6 Å². The van der Waals surface area contributed by atoms with Crippen LogP contribution >= 0.6 is 0 Å². The van der Waals surface area contributed by atoms with Gasteiger partial charge in [0.25, 0.3) is 5.69 Å². The Labute approximate surface area is 180 Å². The Bertz CT molecular complexity index is 1360. The van der Waals surface area contributed by atoms with Crippen LogP contribution in [0.4, 0.5) is 5.69 Å². The van der Waals surface area contributed by atoms with Gasteiger partial charge < -0.3 is 0 Å². The molecule has 0 saturated carbocycles. The van der Waals surface area contributed by atoms with Crippen LogP contribution < -0.4 is 0 Å². The van der Waals surface area contributed by atoms with Gasteiger partial charge in [-0.25, -0.2) is 0 Å². The Morgan fingerprint density at radius 3 is 2.29 bits per heavy atom. The van der Waals surface area contributed by atoms with E-state index in [9.17, 15) is 10.1 Å². The number of aromatic nitrogens is 1. The average Bonchev–Trinajstić information content (AvgIpc) is 2.83. The van der Waals surface area contributed by atoms with Gasteiger partial charge in [-0.2, -0.15) is 0 Å². The van der Waals surface area contributed by atoms with E-state index >= 15 is 0 Å². The van der Waals surface area contributed by atoms with Crippen molar-refractivity contribution >= 4 is 38.0 Å². The molecule has 4 heteroatoms. The zero-order chi connectivity index (χ0) is 21.2. The lowest BCUT2D eigenvalue weighted by Crippen LogP contribution is -2.03. The minimum atomic E-state index is -0.299. The average molecular weight is 406 g/mol. The van der Waals surface area contributed by atoms with Crippen LogP contribution in [0.1, 0.15) is 24.0 Å². The van der Waals surface area contributed by atoms with Gasteiger partial charge in [-0.05, 0) is 75.9 Å². The third-order valence-corrected chi connectivity index (χ3v) is 6.11. The molecule has 1 heterocycles. The highest BCUT2D eigenvalue weighted by atomic mass is 16.6. The minimum absolute atomic E-state index is 0.187. The van der Waals surface area contributed by atoms with Crippen molar-refractivity contribution in [2.45, 2.75) is 25.7 Å². The molecule has 0 bridgehead atoms. The summed E-state index contributed by atoms with van der Waals surface area (Å²) in [6.45, 7) is 0. The largest absolute Gasteiger partial charge is 0.277 e. The first-order valence-electron chi connectivity index (χ1n) is 10.6. The van der Waals surface area contributed by atoms with E-state index in [-0.39, 0.29) is 10.6 Å². The first-order valence-corrected chi connectivity index (χ1v) is 10.6. The van der Waals surface area contributed by atoms with Crippen molar-refractivity contribution in [2.24, 2.45) is 0 Å². The van der Waals surface area contributed by atoms with Crippen molar-refractivity contribution in [3.8, 4) is 0 Å². The van der Waals surface area contributed by atoms with E-state index in [1.165, 1.54) is 40.1 Å². The molecule has 0 N–H and O–H groups in total. The third-order valence-electron chi connectivity index (χ3n) is 6.11. The summed E-state index contributed by atoms with van der Waals surface area (Å²) in [7, 11) is 0. The lowest BCUT2D eigenvalue weighted by molar-refractivity contribution is -0.383. The quantitative estimate of drug-likeness (QED) is 0.171. The van der Waals surface area contributed by atoms with E-state index in [0.717, 1.165) is 29.0 Å². The van der Waals surface area contributed by atoms with Crippen molar-refractivity contribution < 1.29 is 4.92 Å². The molecule has 0 amide bonds. The number of hydrogen-bond acceptors (Lipinski definition) is 3. The maximum Gasteiger partial charge on any atom is 0.277 e. The first-order chi connectivity index (χ1) is 15.2. The molecule has 6 rings (SSSR count). The standard InChI is InChI=1S/C18H15NO2.C9H7N/c20-19(21)18-7-3-6-14-16-9-8-12-4-1-2-5-13(12)15(16)10-11-17(14)18;1-2-4-9-7-10-6-5-8(9)3-1/h3,6-11H,1-2,4-5H2;1-7H. The summed E-state index contributed by atoms with van der Waals surface area (Å²) >= 11 is 0. The van der Waals surface area contributed by atoms with Crippen molar-refractivity contribution in [2.75, 3.05) is 0 Å². The molecule has 0 saturated heterocycles. The van der Waals surface area contributed by atoms with E-state index in [2.05, 4.69) is 35.3 Å². The van der Waals surface area contributed by atoms with E-state index in [0.29, 0.717) is 0 Å². The van der Waals surface area contributed by atoms with Crippen molar-refractivity contribution in [3.63, 3.8) is 0 Å². The van der Waals surface area contributed by atoms with Crippen LogP contribution in [-0.4, -0.2) is 9.91 Å². The maximum absolute atomic E-state index is 11.2. The van der Waals surface area contributed by atoms with E-state index < -0.39 is 0 Å². The highest BCUT2D eigenvalue weighted by Gasteiger charge is 2.16. The molecule has 4 nitrogen and oxygen atoms in total. The fraction of sp³-hybridized carbons (Fsp3) is 0.148. The van der Waals surface area contributed by atoms with Gasteiger partial charge in [0, 0.05) is 18.5 Å². The summed E-state index contributed by atoms with van der Waals surface area (Å²) in [4.78, 5) is 14.9. The lowest BCUT2D eigenvalue weighted by Gasteiger charge is -2.18. The molecule has 0 fully saturated rings. The van der Waals surface area contributed by atoms with Crippen LogP contribution in [0.5, 0.6) is 0 Å². The highest BCUT2D eigenvalue weighted by molar-refractivity contribution is 6.11. The predicted molar refractivity (Wildman–Crippen MR) is 126 cm³/mol. The molecule has 0 spiro atoms. The first kappa shape index (κ1) is 19.2. The molecule has 0 unspecified atom stereocenters.